The molecular formula is C19H20N4O2S. The Bertz CT molecular complexity index is 787. The fourth-order valence-corrected chi connectivity index (χ4v) is 4.44. The van der Waals surface area contributed by atoms with Gasteiger partial charge < -0.3 is 4.90 Å². The van der Waals surface area contributed by atoms with E-state index >= 15 is 0 Å². The topological polar surface area (TPSA) is 66.4 Å². The smallest absolute Gasteiger partial charge is 0.317 e. The van der Waals surface area contributed by atoms with Crippen LogP contribution in [-0.2, 0) is 4.79 Å². The van der Waals surface area contributed by atoms with Crippen LogP contribution in [0.15, 0.2) is 53.9 Å². The van der Waals surface area contributed by atoms with E-state index in [9.17, 15) is 9.59 Å². The zero-order chi connectivity index (χ0) is 17.9. The summed E-state index contributed by atoms with van der Waals surface area (Å²) in [5.74, 6) is 0.541. The minimum Gasteiger partial charge on any atom is -0.317 e. The van der Waals surface area contributed by atoms with Crippen LogP contribution in [0.3, 0.4) is 0 Å². The molecule has 26 heavy (non-hydrogen) atoms. The van der Waals surface area contributed by atoms with Gasteiger partial charge in [0.05, 0.1) is 12.1 Å². The van der Waals surface area contributed by atoms with Gasteiger partial charge in [0.1, 0.15) is 0 Å². The zero-order valence-electron chi connectivity index (χ0n) is 14.3. The number of amides is 3. The maximum Gasteiger partial charge on any atom is 0.327 e. The van der Waals surface area contributed by atoms with Crippen LogP contribution in [0.25, 0.3) is 0 Å². The largest absolute Gasteiger partial charge is 0.327 e. The highest BCUT2D eigenvalue weighted by Crippen LogP contribution is 2.35. The fourth-order valence-electron chi connectivity index (χ4n) is 3.57. The molecule has 0 aliphatic carbocycles. The summed E-state index contributed by atoms with van der Waals surface area (Å²) in [5, 5.41) is 0.669. The lowest BCUT2D eigenvalue weighted by Crippen LogP contribution is -2.60. The predicted octanol–water partition coefficient (Wildman–Crippen LogP) is 3.13. The number of likely N-dealkylation sites (tertiary alicyclic amines) is 2. The molecule has 0 bridgehead atoms. The van der Waals surface area contributed by atoms with E-state index in [2.05, 4.69) is 9.97 Å². The molecular weight excluding hydrogens is 348 g/mol. The van der Waals surface area contributed by atoms with Gasteiger partial charge in [-0.05, 0) is 24.5 Å². The van der Waals surface area contributed by atoms with E-state index in [1.54, 1.807) is 18.5 Å². The van der Waals surface area contributed by atoms with Gasteiger partial charge in [0.2, 0.25) is 5.91 Å². The highest BCUT2D eigenvalue weighted by molar-refractivity contribution is 7.99. The summed E-state index contributed by atoms with van der Waals surface area (Å²) in [6.07, 6.45) is 5.70. The SMILES string of the molecule is O=C1CC(CSc2ncccn2)N1C(=O)N1CCC[C@@H]1c1ccccc1. The Labute approximate surface area is 156 Å². The maximum atomic E-state index is 13.0. The molecule has 2 fully saturated rings. The lowest BCUT2D eigenvalue weighted by molar-refractivity contribution is -0.140. The van der Waals surface area contributed by atoms with E-state index in [4.69, 9.17) is 0 Å². The number of β-lactam (4-membered cyclic amide) rings is 1. The van der Waals surface area contributed by atoms with Crippen molar-refractivity contribution in [3.05, 3.63) is 54.4 Å². The monoisotopic (exact) mass is 368 g/mol. The van der Waals surface area contributed by atoms with E-state index in [-0.39, 0.29) is 24.0 Å². The molecule has 1 aromatic heterocycles. The Balaban J connectivity index is 1.43. The lowest BCUT2D eigenvalue weighted by Gasteiger charge is -2.41. The molecule has 0 saturated carbocycles. The van der Waals surface area contributed by atoms with Crippen molar-refractivity contribution in [1.29, 1.82) is 0 Å². The molecule has 4 rings (SSSR count). The van der Waals surface area contributed by atoms with Crippen LogP contribution in [-0.4, -0.2) is 50.0 Å². The van der Waals surface area contributed by atoms with Gasteiger partial charge in [-0.3, -0.25) is 9.69 Å². The van der Waals surface area contributed by atoms with Gasteiger partial charge in [-0.1, -0.05) is 42.1 Å². The first-order valence-corrected chi connectivity index (χ1v) is 9.80. The Morgan fingerprint density at radius 3 is 2.65 bits per heavy atom. The highest BCUT2D eigenvalue weighted by atomic mass is 32.2. The Morgan fingerprint density at radius 1 is 1.15 bits per heavy atom. The van der Waals surface area contributed by atoms with Crippen LogP contribution in [0.1, 0.15) is 30.9 Å². The number of imide groups is 1. The number of hydrogen-bond acceptors (Lipinski definition) is 5. The van der Waals surface area contributed by atoms with Crippen molar-refractivity contribution in [3.63, 3.8) is 0 Å². The van der Waals surface area contributed by atoms with E-state index in [0.717, 1.165) is 18.4 Å². The Hall–Kier alpha value is -2.41. The second-order valence-corrected chi connectivity index (χ2v) is 7.50. The predicted molar refractivity (Wildman–Crippen MR) is 98.5 cm³/mol. The van der Waals surface area contributed by atoms with Crippen molar-refractivity contribution in [2.45, 2.75) is 36.5 Å². The van der Waals surface area contributed by atoms with Crippen LogP contribution in [0.2, 0.25) is 0 Å². The minimum atomic E-state index is -0.160. The molecule has 0 spiro atoms. The molecule has 2 aliphatic rings. The number of hydrogen-bond donors (Lipinski definition) is 0. The molecule has 0 N–H and O–H groups in total. The van der Waals surface area contributed by atoms with Crippen LogP contribution < -0.4 is 0 Å². The number of benzene rings is 1. The second kappa shape index (κ2) is 7.45. The highest BCUT2D eigenvalue weighted by Gasteiger charge is 2.45. The van der Waals surface area contributed by atoms with Crippen molar-refractivity contribution < 1.29 is 9.59 Å². The summed E-state index contributed by atoms with van der Waals surface area (Å²) < 4.78 is 0. The van der Waals surface area contributed by atoms with E-state index in [1.807, 2.05) is 35.2 Å². The first kappa shape index (κ1) is 17.0. The van der Waals surface area contributed by atoms with Crippen molar-refractivity contribution in [2.75, 3.05) is 12.3 Å². The molecule has 3 amide bonds. The van der Waals surface area contributed by atoms with Crippen molar-refractivity contribution in [2.24, 2.45) is 0 Å². The summed E-state index contributed by atoms with van der Waals surface area (Å²) >= 11 is 1.48. The fraction of sp³-hybridized carbons (Fsp3) is 0.368. The molecule has 2 aromatic rings. The summed E-state index contributed by atoms with van der Waals surface area (Å²) in [5.41, 5.74) is 1.13. The third-order valence-corrected chi connectivity index (χ3v) is 5.90. The van der Waals surface area contributed by atoms with Crippen LogP contribution in [0.4, 0.5) is 4.79 Å². The van der Waals surface area contributed by atoms with Gasteiger partial charge in [0, 0.05) is 31.1 Å². The van der Waals surface area contributed by atoms with Crippen molar-refractivity contribution in [3.8, 4) is 0 Å². The number of rotatable bonds is 4. The number of aromatic nitrogens is 2. The second-order valence-electron chi connectivity index (χ2n) is 6.51. The minimum absolute atomic E-state index is 0.0582. The van der Waals surface area contributed by atoms with Crippen molar-refractivity contribution in [1.82, 2.24) is 19.8 Å². The molecule has 2 saturated heterocycles. The zero-order valence-corrected chi connectivity index (χ0v) is 15.1. The van der Waals surface area contributed by atoms with Gasteiger partial charge in [-0.2, -0.15) is 0 Å². The first-order valence-electron chi connectivity index (χ1n) is 8.81. The van der Waals surface area contributed by atoms with E-state index < -0.39 is 0 Å². The van der Waals surface area contributed by atoms with E-state index in [1.165, 1.54) is 16.7 Å². The normalized spacial score (nSPS) is 22.4. The Kier molecular flexibility index (Phi) is 4.88. The molecule has 3 heterocycles. The third kappa shape index (κ3) is 3.31. The van der Waals surface area contributed by atoms with Gasteiger partial charge in [0.25, 0.3) is 0 Å². The summed E-state index contributed by atoms with van der Waals surface area (Å²) in [4.78, 5) is 36.8. The van der Waals surface area contributed by atoms with Crippen LogP contribution in [0, 0.1) is 0 Å². The number of nitrogens with zero attached hydrogens (tertiary/aromatic N) is 4. The first-order chi connectivity index (χ1) is 12.7. The number of urea groups is 1. The number of thioether (sulfide) groups is 1. The van der Waals surface area contributed by atoms with Gasteiger partial charge in [-0.25, -0.2) is 14.8 Å². The maximum absolute atomic E-state index is 13.0. The molecule has 2 atom stereocenters. The molecule has 1 unspecified atom stereocenters. The van der Waals surface area contributed by atoms with Crippen LogP contribution in [0.5, 0.6) is 0 Å². The van der Waals surface area contributed by atoms with Gasteiger partial charge in [-0.15, -0.1) is 0 Å². The third-order valence-electron chi connectivity index (χ3n) is 4.88. The standard InChI is InChI=1S/C19H20N4O2S/c24-17-12-15(13-26-18-20-9-5-10-21-18)23(17)19(25)22-11-4-8-16(22)14-6-2-1-3-7-14/h1-3,5-7,9-10,15-16H,4,8,11-13H2/t15?,16-/m1/s1. The quantitative estimate of drug-likeness (QED) is 0.471. The molecule has 2 aliphatic heterocycles. The summed E-state index contributed by atoms with van der Waals surface area (Å²) in [7, 11) is 0. The molecule has 6 nitrogen and oxygen atoms in total. The molecule has 134 valence electrons. The van der Waals surface area contributed by atoms with Gasteiger partial charge >= 0.3 is 6.03 Å². The summed E-state index contributed by atoms with van der Waals surface area (Å²) in [6.45, 7) is 0.698. The molecule has 0 radical (unpaired) electrons. The Morgan fingerprint density at radius 2 is 1.92 bits per heavy atom. The van der Waals surface area contributed by atoms with Crippen molar-refractivity contribution >= 4 is 23.7 Å². The average molecular weight is 368 g/mol. The molecule has 7 heteroatoms. The molecule has 1 aromatic carbocycles. The summed E-state index contributed by atoms with van der Waals surface area (Å²) in [6, 6.07) is 11.6. The average Bonchev–Trinajstić information content (AvgIpc) is 3.16. The van der Waals surface area contributed by atoms with Crippen LogP contribution >= 0.6 is 11.8 Å². The number of carbonyl (C=O) groups is 2. The van der Waals surface area contributed by atoms with E-state index in [0.29, 0.717) is 23.9 Å². The van der Waals surface area contributed by atoms with Gasteiger partial charge in [0.15, 0.2) is 5.16 Å². The lowest BCUT2D eigenvalue weighted by atomic mass is 10.0. The number of carbonyl (C=O) groups excluding carboxylic acids is 2.